The van der Waals surface area contributed by atoms with E-state index in [1.165, 1.54) is 10.9 Å². The highest BCUT2D eigenvalue weighted by atomic mass is 16.2. The van der Waals surface area contributed by atoms with E-state index in [9.17, 15) is 14.4 Å². The number of carbonyl (C=O) groups excluding carboxylic acids is 1. The molecule has 1 amide bonds. The molecule has 3 aromatic rings. The summed E-state index contributed by atoms with van der Waals surface area (Å²) in [4.78, 5) is 46.3. The topological polar surface area (TPSA) is 98.9 Å². The van der Waals surface area contributed by atoms with Crippen molar-refractivity contribution < 1.29 is 4.79 Å². The first-order valence-electron chi connectivity index (χ1n) is 9.83. The average Bonchev–Trinajstić information content (AvgIpc) is 3.54. The lowest BCUT2D eigenvalue weighted by atomic mass is 10.1. The molecule has 0 unspecified atom stereocenters. The molecule has 29 heavy (non-hydrogen) atoms. The van der Waals surface area contributed by atoms with Gasteiger partial charge in [-0.3, -0.25) is 19.0 Å². The SMILES string of the molecule is CCn1cc(C(=O)NCCn2cnc(C3CC3)cc2=O)c(=O)c2ccc(C)nc21. The summed E-state index contributed by atoms with van der Waals surface area (Å²) in [6.45, 7) is 4.89. The fraction of sp³-hybridized carbons (Fsp3) is 0.381. The summed E-state index contributed by atoms with van der Waals surface area (Å²) in [5.41, 5.74) is 1.82. The van der Waals surface area contributed by atoms with Gasteiger partial charge in [0.25, 0.3) is 11.5 Å². The number of nitrogens with zero attached hydrogens (tertiary/aromatic N) is 4. The van der Waals surface area contributed by atoms with E-state index in [-0.39, 0.29) is 23.1 Å². The maximum Gasteiger partial charge on any atom is 0.256 e. The summed E-state index contributed by atoms with van der Waals surface area (Å²) in [6.07, 6.45) is 5.24. The smallest absolute Gasteiger partial charge is 0.256 e. The largest absolute Gasteiger partial charge is 0.350 e. The quantitative estimate of drug-likeness (QED) is 0.686. The van der Waals surface area contributed by atoms with Crippen molar-refractivity contribution >= 4 is 16.9 Å². The lowest BCUT2D eigenvalue weighted by molar-refractivity contribution is 0.0950. The molecule has 8 heteroatoms. The van der Waals surface area contributed by atoms with E-state index in [2.05, 4.69) is 15.3 Å². The predicted molar refractivity (Wildman–Crippen MR) is 109 cm³/mol. The molecular weight excluding hydrogens is 370 g/mol. The molecule has 0 aliphatic heterocycles. The van der Waals surface area contributed by atoms with Crippen LogP contribution in [-0.2, 0) is 13.1 Å². The molecule has 0 bridgehead atoms. The molecule has 1 aliphatic rings. The summed E-state index contributed by atoms with van der Waals surface area (Å²) >= 11 is 0. The Morgan fingerprint density at radius 1 is 1.24 bits per heavy atom. The normalized spacial score (nSPS) is 13.6. The van der Waals surface area contributed by atoms with E-state index < -0.39 is 5.91 Å². The lowest BCUT2D eigenvalue weighted by Gasteiger charge is -2.12. The molecule has 1 saturated carbocycles. The van der Waals surface area contributed by atoms with Gasteiger partial charge in [-0.15, -0.1) is 0 Å². The van der Waals surface area contributed by atoms with Crippen LogP contribution in [0.15, 0.2) is 40.3 Å². The number of hydrogen-bond acceptors (Lipinski definition) is 5. The van der Waals surface area contributed by atoms with E-state index in [1.807, 2.05) is 13.8 Å². The second-order valence-electron chi connectivity index (χ2n) is 7.36. The summed E-state index contributed by atoms with van der Waals surface area (Å²) in [5, 5.41) is 3.15. The van der Waals surface area contributed by atoms with Gasteiger partial charge in [-0.1, -0.05) is 0 Å². The minimum absolute atomic E-state index is 0.0690. The van der Waals surface area contributed by atoms with Gasteiger partial charge in [0.15, 0.2) is 0 Å². The van der Waals surface area contributed by atoms with Crippen molar-refractivity contribution in [3.05, 3.63) is 68.3 Å². The minimum atomic E-state index is -0.463. The molecule has 0 aromatic carbocycles. The number of hydrogen-bond donors (Lipinski definition) is 1. The maximum atomic E-state index is 12.8. The molecule has 1 aliphatic carbocycles. The molecule has 1 N–H and O–H groups in total. The van der Waals surface area contributed by atoms with Gasteiger partial charge in [-0.05, 0) is 38.8 Å². The average molecular weight is 393 g/mol. The molecule has 4 rings (SSSR count). The van der Waals surface area contributed by atoms with E-state index in [4.69, 9.17) is 0 Å². The first kappa shape index (κ1) is 19.0. The van der Waals surface area contributed by atoms with Crippen molar-refractivity contribution in [3.8, 4) is 0 Å². The van der Waals surface area contributed by atoms with Crippen LogP contribution in [0, 0.1) is 6.92 Å². The Balaban J connectivity index is 1.51. The fourth-order valence-electron chi connectivity index (χ4n) is 3.36. The minimum Gasteiger partial charge on any atom is -0.350 e. The van der Waals surface area contributed by atoms with Crippen molar-refractivity contribution in [1.82, 2.24) is 24.4 Å². The first-order chi connectivity index (χ1) is 14.0. The zero-order valence-electron chi connectivity index (χ0n) is 16.5. The Hall–Kier alpha value is -3.29. The second kappa shape index (κ2) is 7.62. The molecule has 0 spiro atoms. The van der Waals surface area contributed by atoms with Crippen molar-refractivity contribution in [2.75, 3.05) is 6.54 Å². The standard InChI is InChI=1S/C21H23N5O3/c1-3-25-11-16(19(28)15-7-4-13(2)24-20(15)25)21(29)22-8-9-26-12-23-17(10-18(26)27)14-5-6-14/h4,7,10-12,14H,3,5-6,8-9H2,1-2H3,(H,22,29). The highest BCUT2D eigenvalue weighted by Crippen LogP contribution is 2.38. The Morgan fingerprint density at radius 3 is 2.72 bits per heavy atom. The highest BCUT2D eigenvalue weighted by Gasteiger charge is 2.25. The van der Waals surface area contributed by atoms with Gasteiger partial charge in [0.2, 0.25) is 5.43 Å². The number of rotatable bonds is 6. The second-order valence-corrected chi connectivity index (χ2v) is 7.36. The van der Waals surface area contributed by atoms with Gasteiger partial charge in [0, 0.05) is 43.5 Å². The summed E-state index contributed by atoms with van der Waals surface area (Å²) in [6, 6.07) is 5.03. The molecule has 0 atom stereocenters. The van der Waals surface area contributed by atoms with E-state index >= 15 is 0 Å². The number of aromatic nitrogens is 4. The van der Waals surface area contributed by atoms with Gasteiger partial charge < -0.3 is 9.88 Å². The number of fused-ring (bicyclic) bond motifs is 1. The lowest BCUT2D eigenvalue weighted by Crippen LogP contribution is -2.34. The van der Waals surface area contributed by atoms with Gasteiger partial charge in [-0.25, -0.2) is 9.97 Å². The third-order valence-corrected chi connectivity index (χ3v) is 5.18. The predicted octanol–water partition coefficient (Wildman–Crippen LogP) is 1.59. The number of amides is 1. The van der Waals surface area contributed by atoms with Gasteiger partial charge in [0.1, 0.15) is 11.2 Å². The molecular formula is C21H23N5O3. The fourth-order valence-corrected chi connectivity index (χ4v) is 3.36. The molecule has 3 aromatic heterocycles. The Bertz CT molecular complexity index is 1210. The number of carbonyl (C=O) groups is 1. The third-order valence-electron chi connectivity index (χ3n) is 5.18. The Labute approximate surface area is 167 Å². The van der Waals surface area contributed by atoms with Gasteiger partial charge in [0.05, 0.1) is 17.4 Å². The summed E-state index contributed by atoms with van der Waals surface area (Å²) in [7, 11) is 0. The van der Waals surface area contributed by atoms with Crippen LogP contribution in [0.5, 0.6) is 0 Å². The van der Waals surface area contributed by atoms with Crippen molar-refractivity contribution in [2.24, 2.45) is 0 Å². The van der Waals surface area contributed by atoms with Gasteiger partial charge >= 0.3 is 0 Å². The maximum absolute atomic E-state index is 12.8. The van der Waals surface area contributed by atoms with E-state index in [0.717, 1.165) is 24.2 Å². The van der Waals surface area contributed by atoms with Crippen LogP contribution >= 0.6 is 0 Å². The third kappa shape index (κ3) is 3.83. The van der Waals surface area contributed by atoms with Crippen LogP contribution in [0.25, 0.3) is 11.0 Å². The summed E-state index contributed by atoms with van der Waals surface area (Å²) < 4.78 is 3.26. The zero-order valence-corrected chi connectivity index (χ0v) is 16.5. The van der Waals surface area contributed by atoms with Crippen LogP contribution in [0.4, 0.5) is 0 Å². The molecule has 1 fully saturated rings. The monoisotopic (exact) mass is 393 g/mol. The van der Waals surface area contributed by atoms with Crippen LogP contribution in [-0.4, -0.2) is 31.6 Å². The van der Waals surface area contributed by atoms with Crippen LogP contribution in [0.3, 0.4) is 0 Å². The highest BCUT2D eigenvalue weighted by molar-refractivity contribution is 5.96. The van der Waals surface area contributed by atoms with E-state index in [0.29, 0.717) is 30.0 Å². The Morgan fingerprint density at radius 2 is 2.03 bits per heavy atom. The molecule has 8 nitrogen and oxygen atoms in total. The number of pyridine rings is 2. The van der Waals surface area contributed by atoms with Crippen molar-refractivity contribution in [1.29, 1.82) is 0 Å². The van der Waals surface area contributed by atoms with Crippen molar-refractivity contribution in [3.63, 3.8) is 0 Å². The van der Waals surface area contributed by atoms with Crippen LogP contribution < -0.4 is 16.3 Å². The molecule has 0 radical (unpaired) electrons. The molecule has 150 valence electrons. The zero-order chi connectivity index (χ0) is 20.5. The van der Waals surface area contributed by atoms with Crippen molar-refractivity contribution in [2.45, 2.75) is 45.7 Å². The molecule has 3 heterocycles. The first-order valence-corrected chi connectivity index (χ1v) is 9.83. The van der Waals surface area contributed by atoms with Crippen LogP contribution in [0.2, 0.25) is 0 Å². The van der Waals surface area contributed by atoms with E-state index in [1.54, 1.807) is 29.0 Å². The summed E-state index contributed by atoms with van der Waals surface area (Å²) in [5.74, 6) is -0.0424. The van der Waals surface area contributed by atoms with Crippen LogP contribution in [0.1, 0.15) is 47.4 Å². The molecule has 0 saturated heterocycles. The number of nitrogens with one attached hydrogen (secondary N) is 1. The number of aryl methyl sites for hydroxylation is 2. The van der Waals surface area contributed by atoms with Gasteiger partial charge in [-0.2, -0.15) is 0 Å². The Kier molecular flexibility index (Phi) is 5.00.